The molecule has 0 N–H and O–H groups in total. The molecule has 0 saturated carbocycles. The van der Waals surface area contributed by atoms with E-state index in [4.69, 9.17) is 4.74 Å². The topological polar surface area (TPSA) is 15.7 Å². The lowest BCUT2D eigenvalue weighted by atomic mass is 10.3. The first kappa shape index (κ1) is 9.96. The minimum absolute atomic E-state index is 0.479. The summed E-state index contributed by atoms with van der Waals surface area (Å²) in [6.45, 7) is 4.64. The number of hydrogen-bond donors (Lipinski definition) is 0. The third kappa shape index (κ3) is 3.09. The van der Waals surface area contributed by atoms with E-state index in [1.807, 2.05) is 0 Å². The number of ether oxygens (including phenoxy) is 1. The Morgan fingerprint density at radius 1 is 1.50 bits per heavy atom. The molecule has 1 heterocycles. The van der Waals surface area contributed by atoms with Gasteiger partial charge in [-0.1, -0.05) is 0 Å². The SMILES string of the molecule is CO[C@@H]1CCN(CCN(C)C)C1. The van der Waals surface area contributed by atoms with E-state index in [1.54, 1.807) is 7.11 Å². The van der Waals surface area contributed by atoms with Gasteiger partial charge in [-0.05, 0) is 20.5 Å². The van der Waals surface area contributed by atoms with E-state index >= 15 is 0 Å². The highest BCUT2D eigenvalue weighted by molar-refractivity contribution is 4.75. The Labute approximate surface area is 75.3 Å². The fourth-order valence-corrected chi connectivity index (χ4v) is 1.53. The normalized spacial score (nSPS) is 25.5. The van der Waals surface area contributed by atoms with Crippen molar-refractivity contribution >= 4 is 0 Å². The molecule has 1 aliphatic heterocycles. The second-order valence-corrected chi connectivity index (χ2v) is 3.75. The van der Waals surface area contributed by atoms with E-state index in [0.717, 1.165) is 13.1 Å². The molecule has 0 bridgehead atoms. The minimum Gasteiger partial charge on any atom is -0.380 e. The maximum atomic E-state index is 5.29. The first-order valence-electron chi connectivity index (χ1n) is 4.62. The maximum absolute atomic E-state index is 5.29. The van der Waals surface area contributed by atoms with Gasteiger partial charge in [0.05, 0.1) is 6.10 Å². The smallest absolute Gasteiger partial charge is 0.0710 e. The molecule has 0 aromatic carbocycles. The first-order valence-corrected chi connectivity index (χ1v) is 4.62. The second kappa shape index (κ2) is 4.80. The summed E-state index contributed by atoms with van der Waals surface area (Å²) in [7, 11) is 6.04. The Morgan fingerprint density at radius 2 is 2.25 bits per heavy atom. The van der Waals surface area contributed by atoms with Crippen LogP contribution in [0.4, 0.5) is 0 Å². The highest BCUT2D eigenvalue weighted by atomic mass is 16.5. The number of methoxy groups -OCH3 is 1. The number of nitrogens with zero attached hydrogens (tertiary/aromatic N) is 2. The van der Waals surface area contributed by atoms with Crippen molar-refractivity contribution in [1.82, 2.24) is 9.80 Å². The average molecular weight is 172 g/mol. The number of hydrogen-bond acceptors (Lipinski definition) is 3. The zero-order valence-corrected chi connectivity index (χ0v) is 8.42. The van der Waals surface area contributed by atoms with Crippen molar-refractivity contribution in [3.8, 4) is 0 Å². The summed E-state index contributed by atoms with van der Waals surface area (Å²) < 4.78 is 5.29. The van der Waals surface area contributed by atoms with Crippen molar-refractivity contribution in [3.05, 3.63) is 0 Å². The molecule has 72 valence electrons. The highest BCUT2D eigenvalue weighted by Crippen LogP contribution is 2.10. The molecule has 1 fully saturated rings. The van der Waals surface area contributed by atoms with Gasteiger partial charge in [0.2, 0.25) is 0 Å². The molecule has 1 rings (SSSR count). The predicted octanol–water partition coefficient (Wildman–Crippen LogP) is 0.269. The monoisotopic (exact) mass is 172 g/mol. The van der Waals surface area contributed by atoms with Crippen molar-refractivity contribution in [2.45, 2.75) is 12.5 Å². The third-order valence-electron chi connectivity index (χ3n) is 2.43. The van der Waals surface area contributed by atoms with Crippen LogP contribution in [0.3, 0.4) is 0 Å². The summed E-state index contributed by atoms with van der Waals surface area (Å²) in [6.07, 6.45) is 1.68. The standard InChI is InChI=1S/C9H20N2O/c1-10(2)6-7-11-5-4-9(8-11)12-3/h9H,4-8H2,1-3H3/t9-/m1/s1. The zero-order valence-electron chi connectivity index (χ0n) is 8.42. The average Bonchev–Trinajstić information content (AvgIpc) is 2.48. The van der Waals surface area contributed by atoms with Gasteiger partial charge in [0.25, 0.3) is 0 Å². The van der Waals surface area contributed by atoms with Crippen molar-refractivity contribution in [2.75, 3.05) is 47.4 Å². The van der Waals surface area contributed by atoms with Crippen LogP contribution in [0.1, 0.15) is 6.42 Å². The zero-order chi connectivity index (χ0) is 8.97. The Bertz CT molecular complexity index is 128. The van der Waals surface area contributed by atoms with Crippen LogP contribution in [-0.2, 0) is 4.74 Å². The van der Waals surface area contributed by atoms with Gasteiger partial charge >= 0.3 is 0 Å². The molecule has 0 amide bonds. The van der Waals surface area contributed by atoms with Gasteiger partial charge in [0, 0.05) is 33.3 Å². The van der Waals surface area contributed by atoms with Gasteiger partial charge in [-0.2, -0.15) is 0 Å². The molecule has 1 saturated heterocycles. The summed E-state index contributed by atoms with van der Waals surface area (Å²) in [5.74, 6) is 0. The van der Waals surface area contributed by atoms with E-state index in [-0.39, 0.29) is 0 Å². The van der Waals surface area contributed by atoms with Gasteiger partial charge in [-0.15, -0.1) is 0 Å². The first-order chi connectivity index (χ1) is 5.72. The van der Waals surface area contributed by atoms with Crippen LogP contribution < -0.4 is 0 Å². The van der Waals surface area contributed by atoms with Crippen molar-refractivity contribution < 1.29 is 4.74 Å². The van der Waals surface area contributed by atoms with Crippen LogP contribution in [0.2, 0.25) is 0 Å². The summed E-state index contributed by atoms with van der Waals surface area (Å²) in [4.78, 5) is 4.69. The molecule has 0 aromatic rings. The Balaban J connectivity index is 2.11. The minimum atomic E-state index is 0.479. The molecule has 1 aliphatic rings. The number of likely N-dealkylation sites (tertiary alicyclic amines) is 1. The van der Waals surface area contributed by atoms with Crippen molar-refractivity contribution in [1.29, 1.82) is 0 Å². The summed E-state index contributed by atoms with van der Waals surface area (Å²) in [6, 6.07) is 0. The van der Waals surface area contributed by atoms with Crippen molar-refractivity contribution in [2.24, 2.45) is 0 Å². The lowest BCUT2D eigenvalue weighted by Crippen LogP contribution is -2.30. The van der Waals surface area contributed by atoms with Crippen LogP contribution in [0.15, 0.2) is 0 Å². The molecular formula is C9H20N2O. The van der Waals surface area contributed by atoms with Crippen LogP contribution in [0.25, 0.3) is 0 Å². The molecule has 3 nitrogen and oxygen atoms in total. The fourth-order valence-electron chi connectivity index (χ4n) is 1.53. The van der Waals surface area contributed by atoms with Gasteiger partial charge in [-0.25, -0.2) is 0 Å². The van der Waals surface area contributed by atoms with E-state index in [2.05, 4.69) is 23.9 Å². The van der Waals surface area contributed by atoms with E-state index in [1.165, 1.54) is 19.5 Å². The van der Waals surface area contributed by atoms with Gasteiger partial charge < -0.3 is 9.64 Å². The van der Waals surface area contributed by atoms with Gasteiger partial charge in [0.15, 0.2) is 0 Å². The second-order valence-electron chi connectivity index (χ2n) is 3.75. The Morgan fingerprint density at radius 3 is 2.75 bits per heavy atom. The molecule has 3 heteroatoms. The molecule has 1 atom stereocenters. The molecule has 0 unspecified atom stereocenters. The van der Waals surface area contributed by atoms with Gasteiger partial charge in [-0.3, -0.25) is 4.90 Å². The van der Waals surface area contributed by atoms with E-state index < -0.39 is 0 Å². The lowest BCUT2D eigenvalue weighted by Gasteiger charge is -2.18. The van der Waals surface area contributed by atoms with Crippen LogP contribution in [0, 0.1) is 0 Å². The number of likely N-dealkylation sites (N-methyl/N-ethyl adjacent to an activating group) is 1. The molecular weight excluding hydrogens is 152 g/mol. The Kier molecular flexibility index (Phi) is 3.98. The largest absolute Gasteiger partial charge is 0.380 e. The summed E-state index contributed by atoms with van der Waals surface area (Å²) in [5.41, 5.74) is 0. The summed E-state index contributed by atoms with van der Waals surface area (Å²) >= 11 is 0. The number of rotatable bonds is 4. The quantitative estimate of drug-likeness (QED) is 0.605. The fraction of sp³-hybridized carbons (Fsp3) is 1.00. The molecule has 0 radical (unpaired) electrons. The Hall–Kier alpha value is -0.120. The highest BCUT2D eigenvalue weighted by Gasteiger charge is 2.21. The van der Waals surface area contributed by atoms with Crippen LogP contribution in [-0.4, -0.2) is 63.3 Å². The van der Waals surface area contributed by atoms with E-state index in [0.29, 0.717) is 6.10 Å². The van der Waals surface area contributed by atoms with Crippen LogP contribution >= 0.6 is 0 Å². The van der Waals surface area contributed by atoms with Crippen molar-refractivity contribution in [3.63, 3.8) is 0 Å². The predicted molar refractivity (Wildman–Crippen MR) is 50.4 cm³/mol. The van der Waals surface area contributed by atoms with E-state index in [9.17, 15) is 0 Å². The molecule has 12 heavy (non-hydrogen) atoms. The van der Waals surface area contributed by atoms with Gasteiger partial charge in [0.1, 0.15) is 0 Å². The van der Waals surface area contributed by atoms with Crippen LogP contribution in [0.5, 0.6) is 0 Å². The molecule has 0 aromatic heterocycles. The molecule has 0 aliphatic carbocycles. The summed E-state index contributed by atoms with van der Waals surface area (Å²) in [5, 5.41) is 0. The maximum Gasteiger partial charge on any atom is 0.0710 e. The molecule has 0 spiro atoms. The lowest BCUT2D eigenvalue weighted by molar-refractivity contribution is 0.107. The third-order valence-corrected chi connectivity index (χ3v) is 2.43.